The Balaban J connectivity index is 2.29. The molecule has 1 aromatic carbocycles. The molecule has 78 valence electrons. The third kappa shape index (κ3) is 4.28. The molecule has 0 amide bonds. The molecule has 0 saturated heterocycles. The predicted molar refractivity (Wildman–Crippen MR) is 67.0 cm³/mol. The number of alkyl halides is 1. The number of halogens is 1. The summed E-state index contributed by atoms with van der Waals surface area (Å²) in [5.74, 6) is 0. The molecule has 1 heteroatoms. The highest BCUT2D eigenvalue weighted by Crippen LogP contribution is 2.27. The maximum Gasteiger partial charge on any atom is 0.0227 e. The maximum atomic E-state index is 3.75. The number of rotatable bonds is 5. The Bertz CT molecular complexity index is 251. The summed E-state index contributed by atoms with van der Waals surface area (Å²) in [6.07, 6.45) is 4.90. The van der Waals surface area contributed by atoms with Crippen LogP contribution in [0.15, 0.2) is 30.3 Å². The van der Waals surface area contributed by atoms with E-state index in [0.29, 0.717) is 4.32 Å². The largest absolute Gasteiger partial charge is 0.0856 e. The van der Waals surface area contributed by atoms with Crippen LogP contribution in [0.4, 0.5) is 0 Å². The summed E-state index contributed by atoms with van der Waals surface area (Å²) in [5.41, 5.74) is 1.45. The third-order valence-electron chi connectivity index (χ3n) is 2.74. The van der Waals surface area contributed by atoms with Crippen LogP contribution in [-0.4, -0.2) is 4.32 Å². The molecule has 1 aromatic rings. The standard InChI is InChI=1S/C13H19Br/c1-3-13(2,14)11-7-10-12-8-5-4-6-9-12/h4-6,8-9H,3,7,10-11H2,1-2H3. The summed E-state index contributed by atoms with van der Waals surface area (Å²) in [6, 6.07) is 10.7. The lowest BCUT2D eigenvalue weighted by Gasteiger charge is -2.19. The zero-order valence-electron chi connectivity index (χ0n) is 9.09. The molecular weight excluding hydrogens is 236 g/mol. The smallest absolute Gasteiger partial charge is 0.0227 e. The Morgan fingerprint density at radius 2 is 1.86 bits per heavy atom. The van der Waals surface area contributed by atoms with Crippen LogP contribution < -0.4 is 0 Å². The van der Waals surface area contributed by atoms with E-state index < -0.39 is 0 Å². The second-order valence-corrected chi connectivity index (χ2v) is 6.02. The van der Waals surface area contributed by atoms with Gasteiger partial charge in [0, 0.05) is 4.32 Å². The monoisotopic (exact) mass is 254 g/mol. The minimum atomic E-state index is 0.335. The quantitative estimate of drug-likeness (QED) is 0.676. The van der Waals surface area contributed by atoms with Crippen LogP contribution >= 0.6 is 15.9 Å². The lowest BCUT2D eigenvalue weighted by molar-refractivity contribution is 0.554. The van der Waals surface area contributed by atoms with E-state index >= 15 is 0 Å². The van der Waals surface area contributed by atoms with E-state index in [0.717, 1.165) is 0 Å². The second-order valence-electron chi connectivity index (χ2n) is 4.11. The Morgan fingerprint density at radius 1 is 1.21 bits per heavy atom. The van der Waals surface area contributed by atoms with E-state index in [1.165, 1.54) is 31.2 Å². The highest BCUT2D eigenvalue weighted by atomic mass is 79.9. The van der Waals surface area contributed by atoms with Gasteiger partial charge in [-0.25, -0.2) is 0 Å². The van der Waals surface area contributed by atoms with Gasteiger partial charge in [-0.15, -0.1) is 0 Å². The molecule has 0 saturated carbocycles. The molecule has 1 unspecified atom stereocenters. The van der Waals surface area contributed by atoms with Gasteiger partial charge in [-0.3, -0.25) is 0 Å². The predicted octanol–water partition coefficient (Wildman–Crippen LogP) is 4.57. The van der Waals surface area contributed by atoms with Crippen LogP contribution in [0, 0.1) is 0 Å². The SMILES string of the molecule is CCC(C)(Br)CCCc1ccccc1. The number of aryl methyl sites for hydroxylation is 1. The van der Waals surface area contributed by atoms with Crippen molar-refractivity contribution in [3.8, 4) is 0 Å². The van der Waals surface area contributed by atoms with Gasteiger partial charge in [0.15, 0.2) is 0 Å². The van der Waals surface area contributed by atoms with Gasteiger partial charge in [0.2, 0.25) is 0 Å². The second kappa shape index (κ2) is 5.55. The molecule has 0 aromatic heterocycles. The first-order chi connectivity index (χ1) is 6.64. The first kappa shape index (κ1) is 11.8. The molecule has 0 nitrogen and oxygen atoms in total. The number of hydrogen-bond donors (Lipinski definition) is 0. The van der Waals surface area contributed by atoms with Gasteiger partial charge in [-0.2, -0.15) is 0 Å². The minimum Gasteiger partial charge on any atom is -0.0856 e. The van der Waals surface area contributed by atoms with E-state index in [2.05, 4.69) is 60.1 Å². The zero-order valence-corrected chi connectivity index (χ0v) is 10.7. The van der Waals surface area contributed by atoms with Crippen molar-refractivity contribution in [2.75, 3.05) is 0 Å². The van der Waals surface area contributed by atoms with Crippen molar-refractivity contribution in [1.29, 1.82) is 0 Å². The molecule has 0 aliphatic carbocycles. The fourth-order valence-electron chi connectivity index (χ4n) is 1.48. The fraction of sp³-hybridized carbons (Fsp3) is 0.538. The summed E-state index contributed by atoms with van der Waals surface area (Å²) >= 11 is 3.75. The topological polar surface area (TPSA) is 0 Å². The van der Waals surface area contributed by atoms with Gasteiger partial charge in [0.25, 0.3) is 0 Å². The first-order valence-electron chi connectivity index (χ1n) is 5.37. The molecule has 1 atom stereocenters. The Hall–Kier alpha value is -0.300. The summed E-state index contributed by atoms with van der Waals surface area (Å²) in [6.45, 7) is 4.51. The van der Waals surface area contributed by atoms with Crippen molar-refractivity contribution < 1.29 is 0 Å². The summed E-state index contributed by atoms with van der Waals surface area (Å²) in [5, 5.41) is 0. The van der Waals surface area contributed by atoms with Gasteiger partial charge in [-0.05, 0) is 38.2 Å². The van der Waals surface area contributed by atoms with Crippen LogP contribution in [0.5, 0.6) is 0 Å². The number of hydrogen-bond acceptors (Lipinski definition) is 0. The lowest BCUT2D eigenvalue weighted by atomic mass is 9.99. The van der Waals surface area contributed by atoms with Crippen molar-refractivity contribution in [3.63, 3.8) is 0 Å². The van der Waals surface area contributed by atoms with Gasteiger partial charge in [0.1, 0.15) is 0 Å². The van der Waals surface area contributed by atoms with Crippen LogP contribution in [0.2, 0.25) is 0 Å². The van der Waals surface area contributed by atoms with Crippen LogP contribution in [0.25, 0.3) is 0 Å². The summed E-state index contributed by atoms with van der Waals surface area (Å²) in [7, 11) is 0. The average Bonchev–Trinajstić information content (AvgIpc) is 2.19. The molecule has 0 heterocycles. The van der Waals surface area contributed by atoms with E-state index in [1.807, 2.05) is 0 Å². The average molecular weight is 255 g/mol. The molecule has 14 heavy (non-hydrogen) atoms. The molecule has 0 aliphatic heterocycles. The van der Waals surface area contributed by atoms with Gasteiger partial charge in [-0.1, -0.05) is 53.2 Å². The van der Waals surface area contributed by atoms with Gasteiger partial charge < -0.3 is 0 Å². The first-order valence-corrected chi connectivity index (χ1v) is 6.16. The number of benzene rings is 1. The van der Waals surface area contributed by atoms with E-state index in [9.17, 15) is 0 Å². The van der Waals surface area contributed by atoms with Gasteiger partial charge >= 0.3 is 0 Å². The molecule has 0 aliphatic rings. The van der Waals surface area contributed by atoms with Crippen molar-refractivity contribution in [2.45, 2.75) is 43.9 Å². The Labute approximate surface area is 95.9 Å². The van der Waals surface area contributed by atoms with Crippen molar-refractivity contribution in [3.05, 3.63) is 35.9 Å². The van der Waals surface area contributed by atoms with E-state index in [-0.39, 0.29) is 0 Å². The van der Waals surface area contributed by atoms with Crippen LogP contribution in [-0.2, 0) is 6.42 Å². The maximum absolute atomic E-state index is 3.75. The van der Waals surface area contributed by atoms with E-state index in [1.54, 1.807) is 0 Å². The highest BCUT2D eigenvalue weighted by molar-refractivity contribution is 9.10. The molecule has 0 bridgehead atoms. The van der Waals surface area contributed by atoms with Crippen LogP contribution in [0.1, 0.15) is 38.7 Å². The van der Waals surface area contributed by atoms with Crippen molar-refractivity contribution >= 4 is 15.9 Å². The lowest BCUT2D eigenvalue weighted by Crippen LogP contribution is -2.13. The fourth-order valence-corrected chi connectivity index (χ4v) is 1.76. The summed E-state index contributed by atoms with van der Waals surface area (Å²) < 4.78 is 0.335. The van der Waals surface area contributed by atoms with Crippen LogP contribution in [0.3, 0.4) is 0 Å². The van der Waals surface area contributed by atoms with Crippen molar-refractivity contribution in [1.82, 2.24) is 0 Å². The van der Waals surface area contributed by atoms with Gasteiger partial charge in [0.05, 0.1) is 0 Å². The minimum absolute atomic E-state index is 0.335. The molecule has 0 fully saturated rings. The van der Waals surface area contributed by atoms with Crippen molar-refractivity contribution in [2.24, 2.45) is 0 Å². The normalized spacial score (nSPS) is 15.1. The zero-order chi connectivity index (χ0) is 10.4. The molecular formula is C13H19Br. The molecule has 0 N–H and O–H groups in total. The highest BCUT2D eigenvalue weighted by Gasteiger charge is 2.16. The third-order valence-corrected chi connectivity index (χ3v) is 3.70. The van der Waals surface area contributed by atoms with E-state index in [4.69, 9.17) is 0 Å². The Morgan fingerprint density at radius 3 is 2.43 bits per heavy atom. The Kier molecular flexibility index (Phi) is 4.67. The molecule has 0 spiro atoms. The molecule has 1 rings (SSSR count). The molecule has 0 radical (unpaired) electrons. The summed E-state index contributed by atoms with van der Waals surface area (Å²) in [4.78, 5) is 0.